The minimum Gasteiger partial charge on any atom is -0.293 e. The van der Waals surface area contributed by atoms with Crippen molar-refractivity contribution in [3.63, 3.8) is 0 Å². The third kappa shape index (κ3) is 3.04. The maximum Gasteiger partial charge on any atom is 0.196 e. The average Bonchev–Trinajstić information content (AvgIpc) is 3.36. The van der Waals surface area contributed by atoms with Gasteiger partial charge < -0.3 is 0 Å². The number of rotatable bonds is 5. The predicted octanol–water partition coefficient (Wildman–Crippen LogP) is 4.81. The van der Waals surface area contributed by atoms with Crippen LogP contribution in [0.5, 0.6) is 0 Å². The molecular weight excluding hydrogens is 366 g/mol. The van der Waals surface area contributed by atoms with Crippen molar-refractivity contribution in [2.45, 2.75) is 11.6 Å². The molecule has 5 heteroatoms. The number of carbonyl (C=O) groups excluding carboxylic acids is 1. The van der Waals surface area contributed by atoms with Gasteiger partial charge in [0.15, 0.2) is 10.9 Å². The first-order valence-electron chi connectivity index (χ1n) is 9.12. The quantitative estimate of drug-likeness (QED) is 0.323. The number of para-hydroxylation sites is 1. The Kier molecular flexibility index (Phi) is 4.29. The lowest BCUT2D eigenvalue weighted by molar-refractivity contribution is 0.102. The van der Waals surface area contributed by atoms with E-state index in [0.717, 1.165) is 17.7 Å². The summed E-state index contributed by atoms with van der Waals surface area (Å²) in [6, 6.07) is 24.4. The molecule has 3 aromatic carbocycles. The van der Waals surface area contributed by atoms with Gasteiger partial charge in [-0.1, -0.05) is 66.4 Å². The zero-order valence-corrected chi connectivity index (χ0v) is 15.9. The normalized spacial score (nSPS) is 11.9. The van der Waals surface area contributed by atoms with Gasteiger partial charge in [-0.3, -0.25) is 9.36 Å². The fourth-order valence-electron chi connectivity index (χ4n) is 3.60. The summed E-state index contributed by atoms with van der Waals surface area (Å²) in [5, 5.41) is 8.89. The van der Waals surface area contributed by atoms with Gasteiger partial charge in [0, 0.05) is 11.3 Å². The largest absolute Gasteiger partial charge is 0.293 e. The van der Waals surface area contributed by atoms with E-state index in [1.165, 1.54) is 34.0 Å². The second-order valence-electron chi connectivity index (χ2n) is 6.74. The maximum atomic E-state index is 12.8. The minimum absolute atomic E-state index is 0.0970. The van der Waals surface area contributed by atoms with E-state index in [9.17, 15) is 4.79 Å². The number of ketones is 1. The Balaban J connectivity index is 1.35. The first kappa shape index (κ1) is 17.0. The molecule has 5 rings (SSSR count). The number of benzene rings is 3. The zero-order chi connectivity index (χ0) is 18.9. The highest BCUT2D eigenvalue weighted by Crippen LogP contribution is 2.37. The van der Waals surface area contributed by atoms with Crippen molar-refractivity contribution in [2.24, 2.45) is 0 Å². The van der Waals surface area contributed by atoms with Crippen LogP contribution in [0.3, 0.4) is 0 Å². The van der Waals surface area contributed by atoms with Crippen molar-refractivity contribution in [1.82, 2.24) is 14.8 Å². The first-order valence-corrected chi connectivity index (χ1v) is 10.1. The summed E-state index contributed by atoms with van der Waals surface area (Å²) in [6.45, 7) is 0. The van der Waals surface area contributed by atoms with Gasteiger partial charge in [0.2, 0.25) is 0 Å². The summed E-state index contributed by atoms with van der Waals surface area (Å²) in [7, 11) is 0. The second-order valence-corrected chi connectivity index (χ2v) is 7.68. The number of Topliss-reactive ketones (excluding diaryl/α,β-unsaturated/α-hetero) is 1. The van der Waals surface area contributed by atoms with Gasteiger partial charge >= 0.3 is 0 Å². The van der Waals surface area contributed by atoms with Crippen LogP contribution >= 0.6 is 11.8 Å². The molecule has 0 bridgehead atoms. The Morgan fingerprint density at radius 1 is 0.929 bits per heavy atom. The molecule has 0 saturated carbocycles. The van der Waals surface area contributed by atoms with Gasteiger partial charge in [-0.05, 0) is 46.9 Å². The number of hydrogen-bond donors (Lipinski definition) is 0. The Labute approximate surface area is 167 Å². The van der Waals surface area contributed by atoms with Crippen molar-refractivity contribution in [3.05, 3.63) is 95.8 Å². The number of fused-ring (bicyclic) bond motifs is 3. The number of nitrogens with zero attached hydrogens (tertiary/aromatic N) is 3. The number of thioether (sulfide) groups is 1. The molecule has 0 amide bonds. The summed E-state index contributed by atoms with van der Waals surface area (Å²) < 4.78 is 1.90. The van der Waals surface area contributed by atoms with Gasteiger partial charge in [0.05, 0.1) is 5.75 Å². The predicted molar refractivity (Wildman–Crippen MR) is 111 cm³/mol. The molecule has 0 fully saturated rings. The van der Waals surface area contributed by atoms with Gasteiger partial charge in [-0.15, -0.1) is 10.2 Å². The topological polar surface area (TPSA) is 47.8 Å². The van der Waals surface area contributed by atoms with Crippen LogP contribution in [0.1, 0.15) is 21.5 Å². The second kappa shape index (κ2) is 7.09. The summed E-state index contributed by atoms with van der Waals surface area (Å²) in [6.07, 6.45) is 2.61. The zero-order valence-electron chi connectivity index (χ0n) is 15.1. The van der Waals surface area contributed by atoms with E-state index in [1.807, 2.05) is 47.0 Å². The summed E-state index contributed by atoms with van der Waals surface area (Å²) in [5.41, 5.74) is 6.76. The lowest BCUT2D eigenvalue weighted by Gasteiger charge is -2.07. The Hall–Kier alpha value is -3.18. The van der Waals surface area contributed by atoms with Crippen molar-refractivity contribution in [3.8, 4) is 16.8 Å². The van der Waals surface area contributed by atoms with Gasteiger partial charge in [-0.25, -0.2) is 0 Å². The highest BCUT2D eigenvalue weighted by Gasteiger charge is 2.20. The molecule has 28 heavy (non-hydrogen) atoms. The van der Waals surface area contributed by atoms with Crippen molar-refractivity contribution in [2.75, 3.05) is 5.75 Å². The van der Waals surface area contributed by atoms with Crippen LogP contribution in [0, 0.1) is 0 Å². The van der Waals surface area contributed by atoms with Gasteiger partial charge in [-0.2, -0.15) is 0 Å². The lowest BCUT2D eigenvalue weighted by Crippen LogP contribution is -2.04. The van der Waals surface area contributed by atoms with Gasteiger partial charge in [0.1, 0.15) is 6.33 Å². The van der Waals surface area contributed by atoms with E-state index in [0.29, 0.717) is 10.9 Å². The average molecular weight is 383 g/mol. The first-order chi connectivity index (χ1) is 13.8. The van der Waals surface area contributed by atoms with Crippen LogP contribution in [0.4, 0.5) is 0 Å². The molecule has 0 atom stereocenters. The van der Waals surface area contributed by atoms with Crippen LogP contribution in [0.2, 0.25) is 0 Å². The molecule has 0 N–H and O–H groups in total. The standard InChI is InChI=1S/C23H17N3OS/c27-22(14-28-23-25-24-15-26(23)19-7-2-1-3-8-19)18-11-10-17-12-16-6-4-5-9-20(16)21(17)13-18/h1-11,13,15H,12,14H2. The van der Waals surface area contributed by atoms with E-state index in [4.69, 9.17) is 0 Å². The van der Waals surface area contributed by atoms with Crippen molar-refractivity contribution >= 4 is 17.5 Å². The molecule has 4 aromatic rings. The smallest absolute Gasteiger partial charge is 0.196 e. The molecule has 136 valence electrons. The van der Waals surface area contributed by atoms with Crippen LogP contribution in [-0.2, 0) is 6.42 Å². The fraction of sp³-hybridized carbons (Fsp3) is 0.0870. The fourth-order valence-corrected chi connectivity index (χ4v) is 4.42. The molecule has 1 aliphatic rings. The Bertz CT molecular complexity index is 1170. The molecule has 4 nitrogen and oxygen atoms in total. The molecular formula is C23H17N3OS. The van der Waals surface area contributed by atoms with Crippen LogP contribution in [0.15, 0.2) is 84.3 Å². The van der Waals surface area contributed by atoms with E-state index in [1.54, 1.807) is 6.33 Å². The van der Waals surface area contributed by atoms with Gasteiger partial charge in [0.25, 0.3) is 0 Å². The molecule has 0 aliphatic heterocycles. The summed E-state index contributed by atoms with van der Waals surface area (Å²) in [4.78, 5) is 12.8. The lowest BCUT2D eigenvalue weighted by atomic mass is 10.0. The molecule has 0 spiro atoms. The monoisotopic (exact) mass is 383 g/mol. The van der Waals surface area contributed by atoms with Crippen molar-refractivity contribution < 1.29 is 4.79 Å². The third-order valence-corrected chi connectivity index (χ3v) is 5.95. The number of hydrogen-bond acceptors (Lipinski definition) is 4. The highest BCUT2D eigenvalue weighted by molar-refractivity contribution is 7.99. The van der Waals surface area contributed by atoms with Crippen molar-refractivity contribution in [1.29, 1.82) is 0 Å². The molecule has 1 aliphatic carbocycles. The molecule has 1 aromatic heterocycles. The van der Waals surface area contributed by atoms with Crippen LogP contribution in [0.25, 0.3) is 16.8 Å². The van der Waals surface area contributed by atoms with E-state index in [-0.39, 0.29) is 5.78 Å². The number of aromatic nitrogens is 3. The summed E-state index contributed by atoms with van der Waals surface area (Å²) in [5.74, 6) is 0.422. The summed E-state index contributed by atoms with van der Waals surface area (Å²) >= 11 is 1.41. The third-order valence-electron chi connectivity index (χ3n) is 5.00. The van der Waals surface area contributed by atoms with E-state index < -0.39 is 0 Å². The minimum atomic E-state index is 0.0970. The molecule has 0 radical (unpaired) electrons. The van der Waals surface area contributed by atoms with E-state index >= 15 is 0 Å². The highest BCUT2D eigenvalue weighted by atomic mass is 32.2. The Morgan fingerprint density at radius 2 is 1.71 bits per heavy atom. The molecule has 0 unspecified atom stereocenters. The Morgan fingerprint density at radius 3 is 2.61 bits per heavy atom. The van der Waals surface area contributed by atoms with Crippen LogP contribution < -0.4 is 0 Å². The van der Waals surface area contributed by atoms with Crippen LogP contribution in [-0.4, -0.2) is 26.3 Å². The SMILES string of the molecule is O=C(CSc1nncn1-c1ccccc1)c1ccc2c(c1)-c1ccccc1C2. The number of carbonyl (C=O) groups is 1. The maximum absolute atomic E-state index is 12.8. The molecule has 1 heterocycles. The van der Waals surface area contributed by atoms with E-state index in [2.05, 4.69) is 40.5 Å². The molecule has 0 saturated heterocycles.